The number of halogens is 2. The Hall–Kier alpha value is -1.88. The first-order valence-electron chi connectivity index (χ1n) is 7.66. The van der Waals surface area contributed by atoms with E-state index in [0.717, 1.165) is 24.3 Å². The van der Waals surface area contributed by atoms with Gasteiger partial charge in [-0.1, -0.05) is 35.4 Å². The number of aliphatic hydroxyl groups excluding tert-OH is 2. The fraction of sp³-hybridized carbons (Fsp3) is 0.294. The largest absolute Gasteiger partial charge is 0.372 e. The van der Waals surface area contributed by atoms with Crippen LogP contribution in [0.1, 0.15) is 11.1 Å². The Morgan fingerprint density at radius 3 is 1.22 bits per heavy atom. The minimum atomic E-state index is -5.03. The van der Waals surface area contributed by atoms with Crippen molar-refractivity contribution in [2.75, 3.05) is 0 Å². The number of aryl methyl sites for hydroxylation is 2. The lowest BCUT2D eigenvalue weighted by atomic mass is 10.2. The highest BCUT2D eigenvalue weighted by Gasteiger charge is 2.58. The summed E-state index contributed by atoms with van der Waals surface area (Å²) in [5.41, 5.74) is -5.61. The fourth-order valence-electron chi connectivity index (χ4n) is 2.25. The maximum absolute atomic E-state index is 14.5. The molecule has 0 amide bonds. The molecule has 0 spiro atoms. The number of alkyl halides is 2. The molecule has 148 valence electrons. The second-order valence-electron chi connectivity index (χ2n) is 6.10. The van der Waals surface area contributed by atoms with Gasteiger partial charge in [-0.25, -0.2) is 16.8 Å². The summed E-state index contributed by atoms with van der Waals surface area (Å²) in [6.07, 6.45) is 0. The molecule has 2 atom stereocenters. The lowest BCUT2D eigenvalue weighted by molar-refractivity contribution is -0.121. The van der Waals surface area contributed by atoms with Crippen LogP contribution in [0.25, 0.3) is 0 Å². The third kappa shape index (κ3) is 4.03. The Morgan fingerprint density at radius 1 is 0.704 bits per heavy atom. The van der Waals surface area contributed by atoms with Crippen molar-refractivity contribution in [2.45, 2.75) is 40.4 Å². The fourth-order valence-corrected chi connectivity index (χ4v) is 4.97. The van der Waals surface area contributed by atoms with Crippen LogP contribution in [0.2, 0.25) is 0 Å². The zero-order valence-corrected chi connectivity index (χ0v) is 16.0. The molecule has 2 aromatic carbocycles. The number of hydrogen-bond donors (Lipinski definition) is 2. The molecule has 0 saturated carbocycles. The van der Waals surface area contributed by atoms with Crippen molar-refractivity contribution in [2.24, 2.45) is 0 Å². The standard InChI is InChI=1S/C17H18F2O6S2/c1-11-3-7-13(8-4-11)26(22,23)15(20)17(18,19)16(21)27(24,25)14-9-5-12(2)6-10-14/h3-10,15-16,20-21H,1-2H3. The summed E-state index contributed by atoms with van der Waals surface area (Å²) < 4.78 is 78.0. The molecule has 2 aromatic rings. The summed E-state index contributed by atoms with van der Waals surface area (Å²) in [5.74, 6) is -4.88. The molecule has 10 heteroatoms. The predicted octanol–water partition coefficient (Wildman–Crippen LogP) is 1.82. The van der Waals surface area contributed by atoms with E-state index in [2.05, 4.69) is 0 Å². The monoisotopic (exact) mass is 420 g/mol. The molecule has 0 aliphatic heterocycles. The Kier molecular flexibility index (Phi) is 5.77. The van der Waals surface area contributed by atoms with Crippen molar-refractivity contribution < 1.29 is 35.8 Å². The van der Waals surface area contributed by atoms with E-state index in [0.29, 0.717) is 11.1 Å². The van der Waals surface area contributed by atoms with Gasteiger partial charge in [-0.05, 0) is 38.1 Å². The van der Waals surface area contributed by atoms with E-state index in [4.69, 9.17) is 0 Å². The van der Waals surface area contributed by atoms with Gasteiger partial charge < -0.3 is 10.2 Å². The normalized spacial score (nSPS) is 15.3. The summed E-state index contributed by atoms with van der Waals surface area (Å²) in [6, 6.07) is 9.34. The first-order chi connectivity index (χ1) is 12.3. The summed E-state index contributed by atoms with van der Waals surface area (Å²) in [5, 5.41) is 19.6. The molecule has 2 rings (SSSR count). The number of benzene rings is 2. The second-order valence-corrected chi connectivity index (χ2v) is 10.1. The van der Waals surface area contributed by atoms with E-state index in [9.17, 15) is 35.8 Å². The van der Waals surface area contributed by atoms with Crippen LogP contribution in [0.15, 0.2) is 58.3 Å². The van der Waals surface area contributed by atoms with Crippen molar-refractivity contribution in [3.8, 4) is 0 Å². The molecule has 0 aliphatic carbocycles. The molecule has 0 aliphatic rings. The minimum absolute atomic E-state index is 0.625. The molecular weight excluding hydrogens is 402 g/mol. The Balaban J connectivity index is 2.43. The van der Waals surface area contributed by atoms with Gasteiger partial charge in [-0.15, -0.1) is 0 Å². The van der Waals surface area contributed by atoms with Gasteiger partial charge in [-0.2, -0.15) is 8.78 Å². The Labute approximate surface area is 155 Å². The van der Waals surface area contributed by atoms with Gasteiger partial charge in [0.25, 0.3) is 0 Å². The molecule has 0 radical (unpaired) electrons. The highest BCUT2D eigenvalue weighted by Crippen LogP contribution is 2.35. The molecule has 6 nitrogen and oxygen atoms in total. The highest BCUT2D eigenvalue weighted by atomic mass is 32.2. The quantitative estimate of drug-likeness (QED) is 0.738. The number of aliphatic hydroxyl groups is 2. The minimum Gasteiger partial charge on any atom is -0.372 e. The molecule has 2 N–H and O–H groups in total. The second kappa shape index (κ2) is 7.27. The summed E-state index contributed by atoms with van der Waals surface area (Å²) in [7, 11) is -10.1. The molecular formula is C17H18F2O6S2. The lowest BCUT2D eigenvalue weighted by Crippen LogP contribution is -2.51. The van der Waals surface area contributed by atoms with Crippen LogP contribution in [-0.4, -0.2) is 43.8 Å². The molecule has 2 unspecified atom stereocenters. The molecule has 0 saturated heterocycles. The predicted molar refractivity (Wildman–Crippen MR) is 93.7 cm³/mol. The maximum Gasteiger partial charge on any atom is 0.327 e. The van der Waals surface area contributed by atoms with Crippen LogP contribution in [0, 0.1) is 13.8 Å². The first-order valence-corrected chi connectivity index (χ1v) is 10.8. The van der Waals surface area contributed by atoms with E-state index >= 15 is 0 Å². The van der Waals surface area contributed by atoms with Crippen molar-refractivity contribution in [1.82, 2.24) is 0 Å². The van der Waals surface area contributed by atoms with Gasteiger partial charge >= 0.3 is 5.92 Å². The van der Waals surface area contributed by atoms with E-state index in [1.54, 1.807) is 13.8 Å². The van der Waals surface area contributed by atoms with Gasteiger partial charge in [0.1, 0.15) is 0 Å². The zero-order chi connectivity index (χ0) is 20.6. The third-order valence-electron chi connectivity index (χ3n) is 3.95. The molecule has 0 fully saturated rings. The number of rotatable bonds is 6. The topological polar surface area (TPSA) is 109 Å². The van der Waals surface area contributed by atoms with Crippen LogP contribution < -0.4 is 0 Å². The van der Waals surface area contributed by atoms with Crippen molar-refractivity contribution >= 4 is 19.7 Å². The summed E-state index contributed by atoms with van der Waals surface area (Å²) in [6.45, 7) is 3.28. The third-order valence-corrected chi connectivity index (χ3v) is 7.61. The molecule has 27 heavy (non-hydrogen) atoms. The van der Waals surface area contributed by atoms with Gasteiger partial charge in [0.2, 0.25) is 30.5 Å². The summed E-state index contributed by atoms with van der Waals surface area (Å²) in [4.78, 5) is -1.25. The Bertz CT molecular complexity index is 931. The van der Waals surface area contributed by atoms with Crippen LogP contribution in [0.3, 0.4) is 0 Å². The van der Waals surface area contributed by atoms with Gasteiger partial charge in [-0.3, -0.25) is 0 Å². The number of sulfone groups is 2. The van der Waals surface area contributed by atoms with Crippen molar-refractivity contribution in [1.29, 1.82) is 0 Å². The number of hydrogen-bond acceptors (Lipinski definition) is 6. The van der Waals surface area contributed by atoms with Gasteiger partial charge in [0.15, 0.2) is 0 Å². The lowest BCUT2D eigenvalue weighted by Gasteiger charge is -2.27. The maximum atomic E-state index is 14.5. The smallest absolute Gasteiger partial charge is 0.327 e. The van der Waals surface area contributed by atoms with E-state index in [1.165, 1.54) is 24.3 Å². The SMILES string of the molecule is Cc1ccc(S(=O)(=O)C(O)C(F)(F)C(O)S(=O)(=O)c2ccc(C)cc2)cc1. The zero-order valence-electron chi connectivity index (χ0n) is 14.4. The van der Waals surface area contributed by atoms with Crippen LogP contribution in [-0.2, 0) is 19.7 Å². The first kappa shape index (κ1) is 21.4. The van der Waals surface area contributed by atoms with Crippen LogP contribution >= 0.6 is 0 Å². The summed E-state index contributed by atoms with van der Waals surface area (Å²) >= 11 is 0. The van der Waals surface area contributed by atoms with Gasteiger partial charge in [0.05, 0.1) is 9.79 Å². The van der Waals surface area contributed by atoms with E-state index in [-0.39, 0.29) is 0 Å². The van der Waals surface area contributed by atoms with E-state index in [1.807, 2.05) is 0 Å². The van der Waals surface area contributed by atoms with Crippen molar-refractivity contribution in [3.05, 3.63) is 59.7 Å². The van der Waals surface area contributed by atoms with Gasteiger partial charge in [0, 0.05) is 0 Å². The average Bonchev–Trinajstić information content (AvgIpc) is 2.61. The molecule has 0 heterocycles. The highest BCUT2D eigenvalue weighted by molar-refractivity contribution is 7.93. The molecule has 0 bridgehead atoms. The Morgan fingerprint density at radius 2 is 0.963 bits per heavy atom. The van der Waals surface area contributed by atoms with Crippen LogP contribution in [0.4, 0.5) is 8.78 Å². The van der Waals surface area contributed by atoms with Crippen molar-refractivity contribution in [3.63, 3.8) is 0 Å². The average molecular weight is 420 g/mol. The van der Waals surface area contributed by atoms with Crippen LogP contribution in [0.5, 0.6) is 0 Å². The molecule has 0 aromatic heterocycles. The van der Waals surface area contributed by atoms with E-state index < -0.39 is 46.3 Å².